The number of nitrogens with one attached hydrogen (secondary N) is 2. The lowest BCUT2D eigenvalue weighted by Gasteiger charge is -2.14. The second-order valence-corrected chi connectivity index (χ2v) is 5.19. The summed E-state index contributed by atoms with van der Waals surface area (Å²) < 4.78 is 10.5. The molecule has 0 aliphatic heterocycles. The minimum absolute atomic E-state index is 0.140. The summed E-state index contributed by atoms with van der Waals surface area (Å²) in [5.41, 5.74) is 1.05. The summed E-state index contributed by atoms with van der Waals surface area (Å²) in [6.45, 7) is 3.70. The van der Waals surface area contributed by atoms with Crippen molar-refractivity contribution in [2.24, 2.45) is 0 Å². The van der Waals surface area contributed by atoms with Gasteiger partial charge in [-0.15, -0.1) is 0 Å². The van der Waals surface area contributed by atoms with Crippen molar-refractivity contribution in [3.8, 4) is 5.75 Å². The Balaban J connectivity index is 1.72. The number of ether oxygens (including phenoxy) is 1. The highest BCUT2D eigenvalue weighted by atomic mass is 16.5. The van der Waals surface area contributed by atoms with Gasteiger partial charge >= 0.3 is 0 Å². The molecule has 1 aromatic heterocycles. The number of rotatable bonds is 7. The quantitative estimate of drug-likeness (QED) is 0.816. The molecule has 1 aromatic carbocycles. The molecule has 0 fully saturated rings. The number of carbonyl (C=O) groups is 2. The SMILES string of the molecule is Cc1cccc(OCC(=O)N[C@H](C)C(=O)NCc2ccco2)c1. The van der Waals surface area contributed by atoms with E-state index in [1.807, 2.05) is 25.1 Å². The van der Waals surface area contributed by atoms with Gasteiger partial charge in [-0.1, -0.05) is 12.1 Å². The average Bonchev–Trinajstić information content (AvgIpc) is 3.04. The van der Waals surface area contributed by atoms with Crippen molar-refractivity contribution in [2.75, 3.05) is 6.61 Å². The van der Waals surface area contributed by atoms with Crippen LogP contribution in [0.2, 0.25) is 0 Å². The highest BCUT2D eigenvalue weighted by Crippen LogP contribution is 2.11. The minimum Gasteiger partial charge on any atom is -0.484 e. The van der Waals surface area contributed by atoms with E-state index >= 15 is 0 Å². The van der Waals surface area contributed by atoms with Gasteiger partial charge in [0, 0.05) is 0 Å². The Morgan fingerprint density at radius 1 is 1.26 bits per heavy atom. The van der Waals surface area contributed by atoms with Crippen molar-refractivity contribution in [1.29, 1.82) is 0 Å². The first-order valence-corrected chi connectivity index (χ1v) is 7.33. The largest absolute Gasteiger partial charge is 0.484 e. The van der Waals surface area contributed by atoms with Crippen LogP contribution in [0, 0.1) is 6.92 Å². The molecule has 0 spiro atoms. The van der Waals surface area contributed by atoms with Gasteiger partial charge < -0.3 is 19.8 Å². The zero-order chi connectivity index (χ0) is 16.7. The van der Waals surface area contributed by atoms with E-state index in [9.17, 15) is 9.59 Å². The summed E-state index contributed by atoms with van der Waals surface area (Å²) in [5, 5.41) is 5.27. The van der Waals surface area contributed by atoms with Crippen molar-refractivity contribution < 1.29 is 18.7 Å². The third-order valence-electron chi connectivity index (χ3n) is 3.15. The normalized spacial score (nSPS) is 11.6. The van der Waals surface area contributed by atoms with Crippen LogP contribution in [0.25, 0.3) is 0 Å². The molecule has 0 aliphatic carbocycles. The number of benzene rings is 1. The van der Waals surface area contributed by atoms with Crippen LogP contribution in [0.4, 0.5) is 0 Å². The van der Waals surface area contributed by atoms with E-state index < -0.39 is 6.04 Å². The summed E-state index contributed by atoms with van der Waals surface area (Å²) in [6, 6.07) is 10.3. The predicted molar refractivity (Wildman–Crippen MR) is 84.8 cm³/mol. The Morgan fingerprint density at radius 3 is 2.78 bits per heavy atom. The smallest absolute Gasteiger partial charge is 0.258 e. The van der Waals surface area contributed by atoms with Gasteiger partial charge in [-0.3, -0.25) is 9.59 Å². The maximum absolute atomic E-state index is 11.9. The van der Waals surface area contributed by atoms with Gasteiger partial charge in [0.1, 0.15) is 17.6 Å². The molecule has 0 bridgehead atoms. The maximum atomic E-state index is 11.9. The fourth-order valence-electron chi connectivity index (χ4n) is 1.94. The molecule has 2 aromatic rings. The number of hydrogen-bond acceptors (Lipinski definition) is 4. The van der Waals surface area contributed by atoms with Gasteiger partial charge in [0.05, 0.1) is 12.8 Å². The lowest BCUT2D eigenvalue weighted by molar-refractivity contribution is -0.129. The van der Waals surface area contributed by atoms with Gasteiger partial charge in [0.25, 0.3) is 5.91 Å². The summed E-state index contributed by atoms with van der Waals surface area (Å²) in [5.74, 6) is 0.632. The van der Waals surface area contributed by atoms with Crippen LogP contribution in [-0.4, -0.2) is 24.5 Å². The monoisotopic (exact) mass is 316 g/mol. The average molecular weight is 316 g/mol. The van der Waals surface area contributed by atoms with E-state index in [0.29, 0.717) is 11.5 Å². The van der Waals surface area contributed by atoms with Crippen molar-refractivity contribution in [3.63, 3.8) is 0 Å². The first kappa shape index (κ1) is 16.6. The topological polar surface area (TPSA) is 80.6 Å². The fraction of sp³-hybridized carbons (Fsp3) is 0.294. The molecule has 1 heterocycles. The molecule has 0 radical (unpaired) electrons. The molecule has 0 saturated carbocycles. The Hall–Kier alpha value is -2.76. The van der Waals surface area contributed by atoms with E-state index in [1.54, 1.807) is 25.1 Å². The zero-order valence-corrected chi connectivity index (χ0v) is 13.2. The van der Waals surface area contributed by atoms with Crippen molar-refractivity contribution in [2.45, 2.75) is 26.4 Å². The lowest BCUT2D eigenvalue weighted by Crippen LogP contribution is -2.46. The van der Waals surface area contributed by atoms with Crippen LogP contribution in [0.1, 0.15) is 18.2 Å². The highest BCUT2D eigenvalue weighted by molar-refractivity contribution is 5.87. The second kappa shape index (κ2) is 8.03. The number of amides is 2. The van der Waals surface area contributed by atoms with Crippen LogP contribution in [0.15, 0.2) is 47.1 Å². The molecule has 0 saturated heterocycles. The number of aryl methyl sites for hydroxylation is 1. The summed E-state index contributed by atoms with van der Waals surface area (Å²) in [6.07, 6.45) is 1.54. The highest BCUT2D eigenvalue weighted by Gasteiger charge is 2.15. The van der Waals surface area contributed by atoms with Crippen molar-refractivity contribution in [1.82, 2.24) is 10.6 Å². The molecule has 2 rings (SSSR count). The van der Waals surface area contributed by atoms with E-state index in [0.717, 1.165) is 5.56 Å². The first-order chi connectivity index (χ1) is 11.0. The maximum Gasteiger partial charge on any atom is 0.258 e. The molecular formula is C17H20N2O4. The zero-order valence-electron chi connectivity index (χ0n) is 13.2. The van der Waals surface area contributed by atoms with Gasteiger partial charge in [0.15, 0.2) is 6.61 Å². The van der Waals surface area contributed by atoms with Crippen LogP contribution in [0.5, 0.6) is 5.75 Å². The molecule has 6 nitrogen and oxygen atoms in total. The molecule has 0 aliphatic rings. The van der Waals surface area contributed by atoms with Crippen molar-refractivity contribution in [3.05, 3.63) is 54.0 Å². The van der Waals surface area contributed by atoms with Crippen LogP contribution >= 0.6 is 0 Å². The first-order valence-electron chi connectivity index (χ1n) is 7.33. The Labute approximate surface area is 134 Å². The Kier molecular flexibility index (Phi) is 5.80. The fourth-order valence-corrected chi connectivity index (χ4v) is 1.94. The van der Waals surface area contributed by atoms with E-state index in [4.69, 9.17) is 9.15 Å². The minimum atomic E-state index is -0.654. The summed E-state index contributed by atoms with van der Waals surface area (Å²) in [4.78, 5) is 23.7. The van der Waals surface area contributed by atoms with Gasteiger partial charge in [-0.05, 0) is 43.7 Å². The Morgan fingerprint density at radius 2 is 2.09 bits per heavy atom. The summed E-state index contributed by atoms with van der Waals surface area (Å²) >= 11 is 0. The number of hydrogen-bond donors (Lipinski definition) is 2. The standard InChI is InChI=1S/C17H20N2O4/c1-12-5-3-6-14(9-12)23-11-16(20)19-13(2)17(21)18-10-15-7-4-8-22-15/h3-9,13H,10-11H2,1-2H3,(H,18,21)(H,19,20)/t13-/m1/s1. The second-order valence-electron chi connectivity index (χ2n) is 5.19. The summed E-state index contributed by atoms with van der Waals surface area (Å²) in [7, 11) is 0. The number of furan rings is 1. The molecule has 2 N–H and O–H groups in total. The third-order valence-corrected chi connectivity index (χ3v) is 3.15. The molecule has 0 unspecified atom stereocenters. The molecule has 6 heteroatoms. The van der Waals surface area contributed by atoms with Crippen molar-refractivity contribution >= 4 is 11.8 Å². The van der Waals surface area contributed by atoms with E-state index in [-0.39, 0.29) is 25.0 Å². The van der Waals surface area contributed by atoms with Crippen LogP contribution < -0.4 is 15.4 Å². The van der Waals surface area contributed by atoms with E-state index in [1.165, 1.54) is 6.26 Å². The molecule has 1 atom stereocenters. The predicted octanol–water partition coefficient (Wildman–Crippen LogP) is 1.79. The van der Waals surface area contributed by atoms with Crippen LogP contribution in [0.3, 0.4) is 0 Å². The molecular weight excluding hydrogens is 296 g/mol. The molecule has 23 heavy (non-hydrogen) atoms. The third kappa shape index (κ3) is 5.50. The van der Waals surface area contributed by atoms with Crippen LogP contribution in [-0.2, 0) is 16.1 Å². The molecule has 122 valence electrons. The van der Waals surface area contributed by atoms with E-state index in [2.05, 4.69) is 10.6 Å². The lowest BCUT2D eigenvalue weighted by atomic mass is 10.2. The van der Waals surface area contributed by atoms with Gasteiger partial charge in [0.2, 0.25) is 5.91 Å². The van der Waals surface area contributed by atoms with Gasteiger partial charge in [-0.25, -0.2) is 0 Å². The number of carbonyl (C=O) groups excluding carboxylic acids is 2. The van der Waals surface area contributed by atoms with Gasteiger partial charge in [-0.2, -0.15) is 0 Å². The Bertz CT molecular complexity index is 652. The molecule has 2 amide bonds.